The van der Waals surface area contributed by atoms with Gasteiger partial charge in [0.1, 0.15) is 0 Å². The number of carbonyl (C=O) groups excluding carboxylic acids is 1. The molecule has 2 unspecified atom stereocenters. The van der Waals surface area contributed by atoms with Gasteiger partial charge in [-0.3, -0.25) is 4.79 Å². The van der Waals surface area contributed by atoms with Gasteiger partial charge in [0.2, 0.25) is 15.9 Å². The molecule has 138 valence electrons. The average Bonchev–Trinajstić information content (AvgIpc) is 3.19. The number of hydrogen-bond donors (Lipinski definition) is 1. The van der Waals surface area contributed by atoms with Crippen LogP contribution >= 0.6 is 12.4 Å². The van der Waals surface area contributed by atoms with Crippen LogP contribution in [0.25, 0.3) is 0 Å². The summed E-state index contributed by atoms with van der Waals surface area (Å²) in [5.41, 5.74) is 1.80. The molecular formula is C17H24ClN3O3S. The number of hydrogen-bond acceptors (Lipinski definition) is 4. The van der Waals surface area contributed by atoms with Crippen molar-refractivity contribution in [2.75, 3.05) is 31.1 Å². The number of sulfonamides is 1. The normalized spacial score (nSPS) is 26.0. The van der Waals surface area contributed by atoms with Gasteiger partial charge in [0.05, 0.1) is 4.90 Å². The molecule has 4 rings (SSSR count). The predicted octanol–water partition coefficient (Wildman–Crippen LogP) is 1.39. The summed E-state index contributed by atoms with van der Waals surface area (Å²) < 4.78 is 27.7. The Morgan fingerprint density at radius 1 is 1.24 bits per heavy atom. The van der Waals surface area contributed by atoms with Gasteiger partial charge in [-0.15, -0.1) is 12.4 Å². The van der Waals surface area contributed by atoms with E-state index in [-0.39, 0.29) is 18.3 Å². The molecule has 8 heteroatoms. The Morgan fingerprint density at radius 2 is 2.04 bits per heavy atom. The molecule has 3 aliphatic heterocycles. The van der Waals surface area contributed by atoms with Gasteiger partial charge in [0.15, 0.2) is 0 Å². The monoisotopic (exact) mass is 385 g/mol. The van der Waals surface area contributed by atoms with Gasteiger partial charge in [0.25, 0.3) is 0 Å². The van der Waals surface area contributed by atoms with Crippen LogP contribution in [0, 0.1) is 5.92 Å². The molecule has 0 saturated carbocycles. The van der Waals surface area contributed by atoms with E-state index in [1.54, 1.807) is 34.3 Å². The number of halogens is 1. The van der Waals surface area contributed by atoms with Gasteiger partial charge in [-0.25, -0.2) is 8.42 Å². The van der Waals surface area contributed by atoms with E-state index in [4.69, 9.17) is 0 Å². The fourth-order valence-corrected chi connectivity index (χ4v) is 5.81. The summed E-state index contributed by atoms with van der Waals surface area (Å²) in [5.74, 6) is 0.427. The van der Waals surface area contributed by atoms with Crippen LogP contribution in [0.4, 0.5) is 5.69 Å². The van der Waals surface area contributed by atoms with Gasteiger partial charge in [0, 0.05) is 38.3 Å². The summed E-state index contributed by atoms with van der Waals surface area (Å²) >= 11 is 0. The molecule has 3 aliphatic rings. The van der Waals surface area contributed by atoms with Crippen LogP contribution in [-0.2, 0) is 21.2 Å². The lowest BCUT2D eigenvalue weighted by atomic mass is 9.95. The Kier molecular flexibility index (Phi) is 5.12. The van der Waals surface area contributed by atoms with E-state index < -0.39 is 10.0 Å². The van der Waals surface area contributed by atoms with Gasteiger partial charge < -0.3 is 10.2 Å². The second-order valence-corrected chi connectivity index (χ2v) is 8.91. The lowest BCUT2D eigenvalue weighted by Crippen LogP contribution is -2.46. The lowest BCUT2D eigenvalue weighted by Gasteiger charge is -2.34. The van der Waals surface area contributed by atoms with Crippen molar-refractivity contribution >= 4 is 34.0 Å². The number of fused-ring (bicyclic) bond motifs is 2. The Hall–Kier alpha value is -1.15. The van der Waals surface area contributed by atoms with E-state index in [1.807, 2.05) is 0 Å². The third-order valence-electron chi connectivity index (χ3n) is 5.58. The van der Waals surface area contributed by atoms with E-state index in [1.165, 1.54) is 0 Å². The molecule has 6 nitrogen and oxygen atoms in total. The van der Waals surface area contributed by atoms with Crippen molar-refractivity contribution in [1.29, 1.82) is 0 Å². The molecule has 1 N–H and O–H groups in total. The number of carbonyl (C=O) groups is 1. The first-order chi connectivity index (χ1) is 11.5. The first-order valence-electron chi connectivity index (χ1n) is 8.61. The second-order valence-electron chi connectivity index (χ2n) is 6.97. The topological polar surface area (TPSA) is 69.7 Å². The molecule has 0 radical (unpaired) electrons. The fourth-order valence-electron chi connectivity index (χ4n) is 4.25. The van der Waals surface area contributed by atoms with Crippen molar-refractivity contribution in [3.05, 3.63) is 23.8 Å². The SMILES string of the molecule is CC(=O)N1CCc2cc(S(=O)(=O)N3CCC4NCCC4C3)ccc21.Cl. The maximum Gasteiger partial charge on any atom is 0.243 e. The summed E-state index contributed by atoms with van der Waals surface area (Å²) in [6.45, 7) is 4.35. The van der Waals surface area contributed by atoms with Crippen LogP contribution in [0.3, 0.4) is 0 Å². The summed E-state index contributed by atoms with van der Waals surface area (Å²) in [6.07, 6.45) is 2.65. The predicted molar refractivity (Wildman–Crippen MR) is 98.7 cm³/mol. The van der Waals surface area contributed by atoms with Gasteiger partial charge >= 0.3 is 0 Å². The van der Waals surface area contributed by atoms with Crippen molar-refractivity contribution in [2.24, 2.45) is 5.92 Å². The van der Waals surface area contributed by atoms with Crippen molar-refractivity contribution < 1.29 is 13.2 Å². The Bertz CT molecular complexity index is 783. The van der Waals surface area contributed by atoms with Crippen LogP contribution < -0.4 is 10.2 Å². The van der Waals surface area contributed by atoms with Crippen LogP contribution in [0.2, 0.25) is 0 Å². The Labute approximate surface area is 155 Å². The highest BCUT2D eigenvalue weighted by atomic mass is 35.5. The highest BCUT2D eigenvalue weighted by Gasteiger charge is 2.38. The number of nitrogens with one attached hydrogen (secondary N) is 1. The zero-order chi connectivity index (χ0) is 16.9. The number of amides is 1. The summed E-state index contributed by atoms with van der Waals surface area (Å²) in [4.78, 5) is 13.7. The molecule has 1 amide bonds. The molecule has 3 heterocycles. The maximum absolute atomic E-state index is 13.0. The minimum atomic E-state index is -3.46. The van der Waals surface area contributed by atoms with Crippen molar-refractivity contribution in [3.8, 4) is 0 Å². The zero-order valence-corrected chi connectivity index (χ0v) is 15.9. The molecule has 1 aromatic carbocycles. The van der Waals surface area contributed by atoms with Crippen LogP contribution in [0.1, 0.15) is 25.3 Å². The van der Waals surface area contributed by atoms with Crippen molar-refractivity contribution in [1.82, 2.24) is 9.62 Å². The van der Waals surface area contributed by atoms with Crippen LogP contribution in [0.15, 0.2) is 23.1 Å². The largest absolute Gasteiger partial charge is 0.314 e. The standard InChI is InChI=1S/C17H23N3O3S.ClH/c1-12(21)20-9-5-13-10-15(2-3-17(13)20)24(22,23)19-8-6-16-14(11-19)4-7-18-16;/h2-3,10,14,16,18H,4-9,11H2,1H3;1H. The molecule has 0 bridgehead atoms. The number of nitrogens with zero attached hydrogens (tertiary/aromatic N) is 2. The third kappa shape index (κ3) is 3.18. The van der Waals surface area contributed by atoms with E-state index in [2.05, 4.69) is 5.32 Å². The molecule has 2 fully saturated rings. The zero-order valence-electron chi connectivity index (χ0n) is 14.3. The molecular weight excluding hydrogens is 362 g/mol. The van der Waals surface area contributed by atoms with E-state index in [9.17, 15) is 13.2 Å². The molecule has 0 aliphatic carbocycles. The van der Waals surface area contributed by atoms with Crippen molar-refractivity contribution in [3.63, 3.8) is 0 Å². The molecule has 0 spiro atoms. The molecule has 1 aromatic rings. The van der Waals surface area contributed by atoms with Gasteiger partial charge in [-0.2, -0.15) is 4.31 Å². The van der Waals surface area contributed by atoms with Gasteiger partial charge in [-0.1, -0.05) is 0 Å². The Morgan fingerprint density at radius 3 is 2.80 bits per heavy atom. The van der Waals surface area contributed by atoms with Gasteiger partial charge in [-0.05, 0) is 55.5 Å². The average molecular weight is 386 g/mol. The summed E-state index contributed by atoms with van der Waals surface area (Å²) in [6, 6.07) is 5.65. The highest BCUT2D eigenvalue weighted by Crippen LogP contribution is 2.33. The first kappa shape index (κ1) is 18.6. The van der Waals surface area contributed by atoms with E-state index in [0.29, 0.717) is 42.9 Å². The van der Waals surface area contributed by atoms with E-state index in [0.717, 1.165) is 30.6 Å². The molecule has 2 saturated heterocycles. The van der Waals surface area contributed by atoms with E-state index >= 15 is 0 Å². The van der Waals surface area contributed by atoms with Crippen LogP contribution in [0.5, 0.6) is 0 Å². The maximum atomic E-state index is 13.0. The lowest BCUT2D eigenvalue weighted by molar-refractivity contribution is -0.116. The molecule has 2 atom stereocenters. The summed E-state index contributed by atoms with van der Waals surface area (Å²) in [7, 11) is -3.46. The minimum Gasteiger partial charge on any atom is -0.314 e. The fraction of sp³-hybridized carbons (Fsp3) is 0.588. The smallest absolute Gasteiger partial charge is 0.243 e. The number of anilines is 1. The minimum absolute atomic E-state index is 0. The molecule has 0 aromatic heterocycles. The summed E-state index contributed by atoms with van der Waals surface area (Å²) in [5, 5.41) is 3.46. The third-order valence-corrected chi connectivity index (χ3v) is 7.44. The van der Waals surface area contributed by atoms with Crippen LogP contribution in [-0.4, -0.2) is 50.9 Å². The number of benzene rings is 1. The highest BCUT2D eigenvalue weighted by molar-refractivity contribution is 7.89. The second kappa shape index (κ2) is 6.87. The Balaban J connectivity index is 0.00000182. The molecule has 25 heavy (non-hydrogen) atoms. The number of piperidine rings is 1. The van der Waals surface area contributed by atoms with Crippen molar-refractivity contribution in [2.45, 2.75) is 37.1 Å². The first-order valence-corrected chi connectivity index (χ1v) is 10.1. The quantitative estimate of drug-likeness (QED) is 0.835. The number of rotatable bonds is 2.